The highest BCUT2D eigenvalue weighted by Crippen LogP contribution is 2.38. The highest BCUT2D eigenvalue weighted by Gasteiger charge is 2.37. The maximum atomic E-state index is 13.3. The molecule has 0 saturated carbocycles. The molecule has 1 aromatic carbocycles. The molecule has 0 bridgehead atoms. The summed E-state index contributed by atoms with van der Waals surface area (Å²) in [5.41, 5.74) is 0.0443. The van der Waals surface area contributed by atoms with Crippen LogP contribution in [0.2, 0.25) is 0 Å². The molecule has 1 aliphatic rings. The van der Waals surface area contributed by atoms with Crippen LogP contribution in [0, 0.1) is 5.82 Å². The van der Waals surface area contributed by atoms with Gasteiger partial charge in [0, 0.05) is 18.9 Å². The third-order valence-corrected chi connectivity index (χ3v) is 2.78. The average Bonchev–Trinajstić information content (AvgIpc) is 2.62. The lowest BCUT2D eigenvalue weighted by atomic mass is 9.99. The van der Waals surface area contributed by atoms with Crippen LogP contribution in [0.3, 0.4) is 0 Å². The third-order valence-electron chi connectivity index (χ3n) is 2.78. The monoisotopic (exact) mass is 252 g/mol. The minimum Gasteiger partial charge on any atom is -0.483 e. The van der Waals surface area contributed by atoms with Crippen LogP contribution in [0.15, 0.2) is 12.1 Å². The third kappa shape index (κ3) is 2.34. The Bertz CT molecular complexity index is 512. The second-order valence-corrected chi connectivity index (χ2v) is 4.61. The molecule has 1 unspecified atom stereocenters. The first-order valence-electron chi connectivity index (χ1n) is 5.53. The van der Waals surface area contributed by atoms with Crippen LogP contribution in [0.5, 0.6) is 5.75 Å². The van der Waals surface area contributed by atoms with E-state index in [1.165, 1.54) is 13.0 Å². The topological polar surface area (TPSA) is 52.6 Å². The Kier molecular flexibility index (Phi) is 3.07. The fourth-order valence-electron chi connectivity index (χ4n) is 2.04. The molecule has 0 radical (unpaired) electrons. The molecule has 0 aliphatic carbocycles. The largest absolute Gasteiger partial charge is 0.483 e. The fourth-order valence-corrected chi connectivity index (χ4v) is 2.04. The standard InChI is InChI=1S/C13H13FO4/c1-8(16)17-7-13(2)5-9-3-11(14)4-10(6-15)12(9)18-13/h3-4,6H,5,7H2,1-2H3. The van der Waals surface area contributed by atoms with E-state index >= 15 is 0 Å². The first-order chi connectivity index (χ1) is 8.43. The molecule has 0 amide bonds. The summed E-state index contributed by atoms with van der Waals surface area (Å²) in [6.45, 7) is 3.13. The second kappa shape index (κ2) is 4.40. The predicted molar refractivity (Wildman–Crippen MR) is 61.2 cm³/mol. The van der Waals surface area contributed by atoms with Crippen molar-refractivity contribution in [1.82, 2.24) is 0 Å². The lowest BCUT2D eigenvalue weighted by Gasteiger charge is -2.23. The highest BCUT2D eigenvalue weighted by atomic mass is 19.1. The molecular weight excluding hydrogens is 239 g/mol. The number of hydrogen-bond donors (Lipinski definition) is 0. The van der Waals surface area contributed by atoms with E-state index in [-0.39, 0.29) is 12.2 Å². The van der Waals surface area contributed by atoms with Gasteiger partial charge in [0.25, 0.3) is 0 Å². The van der Waals surface area contributed by atoms with Crippen LogP contribution in [-0.4, -0.2) is 24.5 Å². The summed E-state index contributed by atoms with van der Waals surface area (Å²) in [6, 6.07) is 2.46. The van der Waals surface area contributed by atoms with Gasteiger partial charge in [0.05, 0.1) is 5.56 Å². The lowest BCUT2D eigenvalue weighted by molar-refractivity contribution is -0.146. The van der Waals surface area contributed by atoms with Gasteiger partial charge < -0.3 is 9.47 Å². The molecule has 1 heterocycles. The molecule has 1 aromatic rings. The van der Waals surface area contributed by atoms with E-state index in [0.29, 0.717) is 24.0 Å². The van der Waals surface area contributed by atoms with Gasteiger partial charge in [-0.1, -0.05) is 0 Å². The van der Waals surface area contributed by atoms with Gasteiger partial charge in [-0.2, -0.15) is 0 Å². The van der Waals surface area contributed by atoms with Gasteiger partial charge in [-0.3, -0.25) is 9.59 Å². The number of carbonyl (C=O) groups excluding carboxylic acids is 2. The van der Waals surface area contributed by atoms with Gasteiger partial charge in [-0.25, -0.2) is 4.39 Å². The Balaban J connectivity index is 2.26. The molecule has 0 N–H and O–H groups in total. The number of halogens is 1. The minimum atomic E-state index is -0.750. The van der Waals surface area contributed by atoms with Gasteiger partial charge in [0.15, 0.2) is 6.29 Å². The zero-order valence-corrected chi connectivity index (χ0v) is 10.2. The molecule has 5 heteroatoms. The Labute approximate surface area is 104 Å². The quantitative estimate of drug-likeness (QED) is 0.609. The minimum absolute atomic E-state index is 0.0664. The number of benzene rings is 1. The van der Waals surface area contributed by atoms with Crippen LogP contribution in [0.25, 0.3) is 0 Å². The highest BCUT2D eigenvalue weighted by molar-refractivity contribution is 5.80. The average molecular weight is 252 g/mol. The molecular formula is C13H13FO4. The number of rotatable bonds is 3. The van der Waals surface area contributed by atoms with E-state index in [2.05, 4.69) is 0 Å². The van der Waals surface area contributed by atoms with Crippen LogP contribution in [0.1, 0.15) is 29.8 Å². The van der Waals surface area contributed by atoms with Gasteiger partial charge in [-0.15, -0.1) is 0 Å². The summed E-state index contributed by atoms with van der Waals surface area (Å²) >= 11 is 0. The van der Waals surface area contributed by atoms with E-state index in [1.54, 1.807) is 6.92 Å². The van der Waals surface area contributed by atoms with Crippen LogP contribution < -0.4 is 4.74 Å². The maximum Gasteiger partial charge on any atom is 0.302 e. The predicted octanol–water partition coefficient (Wildman–Crippen LogP) is 1.89. The number of esters is 1. The number of hydrogen-bond acceptors (Lipinski definition) is 4. The molecule has 1 aliphatic heterocycles. The van der Waals surface area contributed by atoms with E-state index in [1.807, 2.05) is 0 Å². The number of ether oxygens (including phenoxy) is 2. The molecule has 2 rings (SSSR count). The lowest BCUT2D eigenvalue weighted by Crippen LogP contribution is -2.36. The summed E-state index contributed by atoms with van der Waals surface area (Å²) in [7, 11) is 0. The summed E-state index contributed by atoms with van der Waals surface area (Å²) in [6.07, 6.45) is 0.952. The van der Waals surface area contributed by atoms with Gasteiger partial charge in [0.1, 0.15) is 23.8 Å². The van der Waals surface area contributed by atoms with Gasteiger partial charge in [0.2, 0.25) is 0 Å². The van der Waals surface area contributed by atoms with E-state index < -0.39 is 17.4 Å². The van der Waals surface area contributed by atoms with Gasteiger partial charge in [-0.05, 0) is 19.1 Å². The Morgan fingerprint density at radius 2 is 2.33 bits per heavy atom. The first-order valence-corrected chi connectivity index (χ1v) is 5.53. The molecule has 0 spiro atoms. The van der Waals surface area contributed by atoms with Gasteiger partial charge >= 0.3 is 5.97 Å². The van der Waals surface area contributed by atoms with Crippen LogP contribution >= 0.6 is 0 Å². The molecule has 4 nitrogen and oxygen atoms in total. The zero-order valence-electron chi connectivity index (χ0n) is 10.2. The van der Waals surface area contributed by atoms with Crippen molar-refractivity contribution in [2.75, 3.05) is 6.61 Å². The van der Waals surface area contributed by atoms with E-state index in [4.69, 9.17) is 9.47 Å². The van der Waals surface area contributed by atoms with Crippen LogP contribution in [0.4, 0.5) is 4.39 Å². The van der Waals surface area contributed by atoms with Crippen molar-refractivity contribution in [3.8, 4) is 5.75 Å². The smallest absolute Gasteiger partial charge is 0.302 e. The zero-order chi connectivity index (χ0) is 13.3. The normalized spacial score (nSPS) is 21.1. The number of aldehydes is 1. The van der Waals surface area contributed by atoms with Crippen molar-refractivity contribution in [1.29, 1.82) is 0 Å². The van der Waals surface area contributed by atoms with Crippen molar-refractivity contribution in [3.05, 3.63) is 29.1 Å². The molecule has 96 valence electrons. The number of fused-ring (bicyclic) bond motifs is 1. The summed E-state index contributed by atoms with van der Waals surface area (Å²) in [5, 5.41) is 0. The maximum absolute atomic E-state index is 13.3. The van der Waals surface area contributed by atoms with Crippen molar-refractivity contribution in [2.45, 2.75) is 25.9 Å². The van der Waals surface area contributed by atoms with Crippen molar-refractivity contribution < 1.29 is 23.5 Å². The Hall–Kier alpha value is -1.91. The Morgan fingerprint density at radius 3 is 2.94 bits per heavy atom. The summed E-state index contributed by atoms with van der Waals surface area (Å²) < 4.78 is 23.8. The van der Waals surface area contributed by atoms with Crippen molar-refractivity contribution in [3.63, 3.8) is 0 Å². The van der Waals surface area contributed by atoms with Crippen LogP contribution in [-0.2, 0) is 16.0 Å². The van der Waals surface area contributed by atoms with E-state index in [0.717, 1.165) is 6.07 Å². The fraction of sp³-hybridized carbons (Fsp3) is 0.385. The molecule has 18 heavy (non-hydrogen) atoms. The summed E-state index contributed by atoms with van der Waals surface area (Å²) in [4.78, 5) is 21.7. The molecule has 0 saturated heterocycles. The Morgan fingerprint density at radius 1 is 1.61 bits per heavy atom. The van der Waals surface area contributed by atoms with Crippen molar-refractivity contribution >= 4 is 12.3 Å². The first kappa shape index (κ1) is 12.5. The van der Waals surface area contributed by atoms with Crippen molar-refractivity contribution in [2.24, 2.45) is 0 Å². The molecule has 0 fully saturated rings. The number of carbonyl (C=O) groups is 2. The molecule has 0 aromatic heterocycles. The SMILES string of the molecule is CC(=O)OCC1(C)Cc2cc(F)cc(C=O)c2O1. The van der Waals surface area contributed by atoms with E-state index in [9.17, 15) is 14.0 Å². The second-order valence-electron chi connectivity index (χ2n) is 4.61. The molecule has 1 atom stereocenters. The summed E-state index contributed by atoms with van der Waals surface area (Å²) in [5.74, 6) is -0.505.